The summed E-state index contributed by atoms with van der Waals surface area (Å²) in [6.07, 6.45) is 5.34. The molecule has 0 saturated heterocycles. The zero-order valence-electron chi connectivity index (χ0n) is 59.9. The van der Waals surface area contributed by atoms with Gasteiger partial charge in [-0.2, -0.15) is 30.7 Å². The average molecular weight is 1680 g/mol. The topological polar surface area (TPSA) is 355 Å². The maximum absolute atomic E-state index is 13.3. The Balaban J connectivity index is 0.00000139. The number of hydrogen-bond donors (Lipinski definition) is 2. The molecular weight excluding hydrogens is 1610 g/mol. The molecule has 6 aromatic carbocycles. The number of methoxy groups -OCH3 is 3. The van der Waals surface area contributed by atoms with Crippen LogP contribution in [0.5, 0.6) is 17.6 Å². The van der Waals surface area contributed by atoms with Crippen LogP contribution >= 0.6 is 80.0 Å². The van der Waals surface area contributed by atoms with Crippen molar-refractivity contribution in [3.05, 3.63) is 240 Å². The molecule has 3 heterocycles. The zero-order valence-corrected chi connectivity index (χ0v) is 71.6. The van der Waals surface area contributed by atoms with E-state index in [0.717, 1.165) is 55.9 Å². The second kappa shape index (κ2) is 49.2. The molecule has 0 atom stereocenters. The normalized spacial score (nSPS) is 9.64. The predicted octanol–water partition coefficient (Wildman–Crippen LogP) is 6.27. The van der Waals surface area contributed by atoms with Gasteiger partial charge in [0.05, 0.1) is 102 Å². The molecule has 1 N–H and O–H groups in total. The summed E-state index contributed by atoms with van der Waals surface area (Å²) < 4.78 is 32.9. The first kappa shape index (κ1) is 96.2. The van der Waals surface area contributed by atoms with E-state index in [-0.39, 0.29) is 165 Å². The molecule has 0 fully saturated rings. The Kier molecular flexibility index (Phi) is 45.1. The van der Waals surface area contributed by atoms with E-state index in [1.54, 1.807) is 85.5 Å². The summed E-state index contributed by atoms with van der Waals surface area (Å²) in [5.74, 6) is -1.51. The molecule has 3 aromatic heterocycles. The average Bonchev–Trinajstić information content (AvgIpc) is 0.777. The van der Waals surface area contributed by atoms with Gasteiger partial charge in [-0.05, 0) is 170 Å². The molecule has 0 saturated carbocycles. The number of rotatable bonds is 17. The van der Waals surface area contributed by atoms with Gasteiger partial charge in [0.1, 0.15) is 17.7 Å². The maximum atomic E-state index is 13.3. The SMILES string of the molecule is C.COC(=O)c1ccc(C)c(-n2c(SC)nc(O)cc2=O)c1.COC(=O)c1ccc(C)c(-n2c(SC)nc(OCc3ccc(C)cc3C#N)c(Br)c2=O)c1.COC(=O)c1ccc(C)c(-n2c(SC)nc(OCc3ccc(C)cc3C#N)cc2=O)c1.Cc1ccc(CBr)c(C#N)c1.O=CO[O-].[B]=NS.[H-].[K+].[K+]. The first-order valence-electron chi connectivity index (χ1n) is 29.3. The zero-order chi connectivity index (χ0) is 75.9. The number of esters is 3. The van der Waals surface area contributed by atoms with Crippen molar-refractivity contribution in [3.63, 3.8) is 0 Å². The van der Waals surface area contributed by atoms with Gasteiger partial charge in [0.25, 0.3) is 23.2 Å². The third-order valence-electron chi connectivity index (χ3n) is 13.9. The molecule has 0 aliphatic rings. The van der Waals surface area contributed by atoms with Crippen molar-refractivity contribution in [3.8, 4) is 52.9 Å². The Morgan fingerprint density at radius 3 is 1.30 bits per heavy atom. The van der Waals surface area contributed by atoms with Crippen LogP contribution in [0.25, 0.3) is 17.1 Å². The summed E-state index contributed by atoms with van der Waals surface area (Å²) in [6, 6.07) is 40.6. The Morgan fingerprint density at radius 2 is 0.933 bits per heavy atom. The third kappa shape index (κ3) is 27.7. The van der Waals surface area contributed by atoms with Crippen molar-refractivity contribution in [2.24, 2.45) is 4.30 Å². The number of thiol groups is 1. The third-order valence-corrected chi connectivity index (χ3v) is 17.1. The summed E-state index contributed by atoms with van der Waals surface area (Å²) in [7, 11) is 8.24. The summed E-state index contributed by atoms with van der Waals surface area (Å²) >= 11 is 13.6. The number of benzene rings is 6. The molecule has 25 nitrogen and oxygen atoms in total. The number of thioether (sulfide) groups is 3. The number of ether oxygens (including phenoxy) is 5. The number of nitrogens with zero attached hydrogens (tertiary/aromatic N) is 10. The molecule has 1 radical (unpaired) electrons. The summed E-state index contributed by atoms with van der Waals surface area (Å²) in [5.41, 5.74) is 11.2. The Morgan fingerprint density at radius 1 is 0.590 bits per heavy atom. The van der Waals surface area contributed by atoms with E-state index in [1.807, 2.05) is 84.0 Å². The van der Waals surface area contributed by atoms with Crippen LogP contribution in [0.3, 0.4) is 0 Å². The second-order valence-corrected chi connectivity index (χ2v) is 24.6. The second-order valence-electron chi connectivity index (χ2n) is 20.7. The van der Waals surface area contributed by atoms with Crippen LogP contribution in [0.1, 0.15) is 107 Å². The molecule has 9 aromatic rings. The molecule has 0 spiro atoms. The van der Waals surface area contributed by atoms with Crippen molar-refractivity contribution in [2.45, 2.75) is 83.0 Å². The van der Waals surface area contributed by atoms with E-state index in [9.17, 15) is 44.4 Å². The van der Waals surface area contributed by atoms with Crippen LogP contribution in [0, 0.1) is 75.5 Å². The number of halogens is 2. The van der Waals surface area contributed by atoms with Gasteiger partial charge < -0.3 is 40.4 Å². The standard InChI is InChI=1S/C23H20BrN3O4S.C23H21N3O4S.C14H14N2O4S.C9H8BrN.CH2O3.CH4.BHNS.2K.H/c1-13-5-7-16(17(9-13)11-25)12-31-20-19(24)21(28)27(23(26-20)32-4)18-10-15(22(29)30-3)8-6-14(18)2;1-14-5-7-17(18(9-14)12-24)13-30-20-11-21(27)26(23(25-20)31-4)19-10-16(22(28)29-3)8-6-15(19)2;1-8-4-5-9(13(19)20-2)6-10(8)16-12(18)7-11(17)15-14(16)21-3;1-7-2-3-8(5-10)9(4-7)6-11;2-1-4-3;;1-2-3;;;/h5-10H,12H2,1-4H3;5-11H,13H2,1-4H3;4-7,17H,1-3H3;2-4H,5H2,1H3;1,3H;1H4;3H;;;/q;;;;;;;2*+1;-1/p-1. The van der Waals surface area contributed by atoms with Crippen LogP contribution in [0.4, 0.5) is 0 Å². The van der Waals surface area contributed by atoms with Gasteiger partial charge in [-0.25, -0.2) is 14.4 Å². The molecule has 0 unspecified atom stereocenters. The van der Waals surface area contributed by atoms with Gasteiger partial charge in [-0.1, -0.05) is 113 Å². The Hall–Kier alpha value is -6.83. The van der Waals surface area contributed by atoms with Crippen LogP contribution in [0.15, 0.2) is 160 Å². The van der Waals surface area contributed by atoms with Gasteiger partial charge in [0.2, 0.25) is 17.6 Å². The largest absolute Gasteiger partial charge is 1.00 e. The van der Waals surface area contributed by atoms with E-state index >= 15 is 0 Å². The number of carbonyl (C=O) groups is 4. The first-order chi connectivity index (χ1) is 48.7. The first-order valence-corrected chi connectivity index (χ1v) is 35.3. The number of alkyl halides is 1. The van der Waals surface area contributed by atoms with Crippen LogP contribution in [0.2, 0.25) is 0 Å². The summed E-state index contributed by atoms with van der Waals surface area (Å²) in [4.78, 5) is 98.1. The van der Waals surface area contributed by atoms with E-state index in [4.69, 9.17) is 34.3 Å². The van der Waals surface area contributed by atoms with Gasteiger partial charge in [0.15, 0.2) is 15.5 Å². The number of nitriles is 3. The molecule has 0 bridgehead atoms. The van der Waals surface area contributed by atoms with Crippen molar-refractivity contribution >= 4 is 112 Å². The molecule has 0 aliphatic heterocycles. The van der Waals surface area contributed by atoms with E-state index in [1.165, 1.54) is 76.4 Å². The number of aromatic hydroxyl groups is 1. The Labute approximate surface area is 730 Å². The molecule has 0 amide bonds. The van der Waals surface area contributed by atoms with Crippen molar-refractivity contribution in [1.29, 1.82) is 15.8 Å². The van der Waals surface area contributed by atoms with Gasteiger partial charge in [0, 0.05) is 16.5 Å². The molecular formula is C71H70BBr2K2N10O15S4. The molecule has 0 aliphatic carbocycles. The van der Waals surface area contributed by atoms with Gasteiger partial charge in [-0.15, -0.1) is 0 Å². The van der Waals surface area contributed by atoms with E-state index in [0.29, 0.717) is 71.5 Å². The van der Waals surface area contributed by atoms with E-state index < -0.39 is 23.5 Å². The van der Waals surface area contributed by atoms with Crippen molar-refractivity contribution in [1.82, 2.24) is 28.7 Å². The Bertz CT molecular complexity index is 4890. The number of hydrogen-bond acceptors (Lipinski definition) is 26. The fourth-order valence-electron chi connectivity index (χ4n) is 8.92. The summed E-state index contributed by atoms with van der Waals surface area (Å²) in [6.45, 7) is 11.3. The maximum Gasteiger partial charge on any atom is 1.00 e. The van der Waals surface area contributed by atoms with Gasteiger partial charge in [-0.3, -0.25) is 32.9 Å². The fraction of sp³-hybridized carbons (Fsp3) is 0.225. The monoisotopic (exact) mass is 1680 g/mol. The predicted molar refractivity (Wildman–Crippen MR) is 404 cm³/mol. The molecule has 537 valence electrons. The van der Waals surface area contributed by atoms with Crippen molar-refractivity contribution in [2.75, 3.05) is 40.1 Å². The number of aryl methyl sites for hydroxylation is 6. The number of aromatic nitrogens is 6. The minimum Gasteiger partial charge on any atom is -1.00 e. The van der Waals surface area contributed by atoms with Crippen LogP contribution < -0.4 is 134 Å². The molecule has 105 heavy (non-hydrogen) atoms. The number of carbonyl (C=O) groups excluding carboxylic acids is 4. The smallest absolute Gasteiger partial charge is 1.00 e. The van der Waals surface area contributed by atoms with Gasteiger partial charge >= 0.3 is 145 Å². The summed E-state index contributed by atoms with van der Waals surface area (Å²) in [5, 5.41) is 47.1. The van der Waals surface area contributed by atoms with E-state index in [2.05, 4.69) is 99.4 Å². The molecule has 9 rings (SSSR count). The van der Waals surface area contributed by atoms with Crippen LogP contribution in [-0.2, 0) is 42.4 Å². The fourth-order valence-corrected chi connectivity index (χ4v) is 11.4. The van der Waals surface area contributed by atoms with Crippen LogP contribution in [-0.4, -0.2) is 106 Å². The van der Waals surface area contributed by atoms with Crippen molar-refractivity contribution < 1.29 is 162 Å². The minimum absolute atomic E-state index is 0. The quantitative estimate of drug-likeness (QED) is 0.00968. The minimum atomic E-state index is -0.497. The molecule has 34 heteroatoms.